The van der Waals surface area contributed by atoms with Crippen molar-refractivity contribution in [1.82, 2.24) is 15.0 Å². The zero-order chi connectivity index (χ0) is 14.0. The van der Waals surface area contributed by atoms with Crippen molar-refractivity contribution in [1.29, 1.82) is 0 Å². The van der Waals surface area contributed by atoms with Gasteiger partial charge in [-0.15, -0.1) is 0 Å². The Kier molecular flexibility index (Phi) is 3.75. The molecule has 0 spiro atoms. The Morgan fingerprint density at radius 1 is 1.00 bits per heavy atom. The van der Waals surface area contributed by atoms with E-state index in [9.17, 15) is 0 Å². The monoisotopic (exact) mass is 274 g/mol. The largest absolute Gasteiger partial charge is 0.368 e. The van der Waals surface area contributed by atoms with Gasteiger partial charge in [-0.25, -0.2) is 4.98 Å². The number of anilines is 1. The fraction of sp³-hybridized carbons (Fsp3) is 0.357. The van der Waals surface area contributed by atoms with E-state index in [0.29, 0.717) is 11.0 Å². The highest BCUT2D eigenvalue weighted by Gasteiger charge is 2.14. The molecule has 0 radical (unpaired) electrons. The molecule has 19 heavy (non-hydrogen) atoms. The molecule has 0 fully saturated rings. The minimum atomic E-state index is 0.140. The molecule has 0 aliphatic carbocycles. The number of nitrogen functional groups attached to an aromatic ring is 1. The molecule has 5 heteroatoms. The van der Waals surface area contributed by atoms with Gasteiger partial charge in [0, 0.05) is 5.56 Å². The normalized spacial score (nSPS) is 11.6. The molecule has 2 aromatic rings. The quantitative estimate of drug-likeness (QED) is 0.852. The molecule has 0 bridgehead atoms. The SMILES string of the molecule is CSc1nc(N)nc(-c2ccc(C(C)(C)C)cc2)n1. The van der Waals surface area contributed by atoms with Crippen LogP contribution < -0.4 is 5.73 Å². The van der Waals surface area contributed by atoms with Crippen molar-refractivity contribution >= 4 is 17.7 Å². The van der Waals surface area contributed by atoms with Crippen LogP contribution >= 0.6 is 11.8 Å². The first-order valence-corrected chi connectivity index (χ1v) is 7.29. The lowest BCUT2D eigenvalue weighted by Crippen LogP contribution is -2.10. The second-order valence-corrected chi connectivity index (χ2v) is 6.10. The highest BCUT2D eigenvalue weighted by Crippen LogP contribution is 2.25. The summed E-state index contributed by atoms with van der Waals surface area (Å²) in [6, 6.07) is 8.26. The molecule has 1 aromatic heterocycles. The van der Waals surface area contributed by atoms with E-state index in [0.717, 1.165) is 5.56 Å². The van der Waals surface area contributed by atoms with Crippen molar-refractivity contribution in [3.8, 4) is 11.4 Å². The van der Waals surface area contributed by atoms with Crippen molar-refractivity contribution in [3.63, 3.8) is 0 Å². The standard InChI is InChI=1S/C14H18N4S/c1-14(2,3)10-7-5-9(6-8-10)11-16-12(15)18-13(17-11)19-4/h5-8H,1-4H3,(H2,15,16,17,18). The fourth-order valence-corrected chi connectivity index (χ4v) is 2.07. The van der Waals surface area contributed by atoms with Gasteiger partial charge in [0.25, 0.3) is 0 Å². The molecular weight excluding hydrogens is 256 g/mol. The molecule has 0 aliphatic heterocycles. The summed E-state index contributed by atoms with van der Waals surface area (Å²) >= 11 is 1.46. The Labute approximate surface area is 117 Å². The lowest BCUT2D eigenvalue weighted by Gasteiger charge is -2.19. The lowest BCUT2D eigenvalue weighted by atomic mass is 9.87. The van der Waals surface area contributed by atoms with E-state index in [1.807, 2.05) is 18.4 Å². The smallest absolute Gasteiger partial charge is 0.224 e. The van der Waals surface area contributed by atoms with Gasteiger partial charge in [-0.2, -0.15) is 9.97 Å². The summed E-state index contributed by atoms with van der Waals surface area (Å²) in [7, 11) is 0. The minimum absolute atomic E-state index is 0.140. The highest BCUT2D eigenvalue weighted by atomic mass is 32.2. The molecule has 0 saturated heterocycles. The van der Waals surface area contributed by atoms with Crippen LogP contribution in [0.2, 0.25) is 0 Å². The predicted octanol–water partition coefficient (Wildman–Crippen LogP) is 3.14. The van der Waals surface area contributed by atoms with Gasteiger partial charge < -0.3 is 5.73 Å². The van der Waals surface area contributed by atoms with Crippen LogP contribution in [0.4, 0.5) is 5.95 Å². The number of aromatic nitrogens is 3. The lowest BCUT2D eigenvalue weighted by molar-refractivity contribution is 0.590. The Hall–Kier alpha value is -1.62. The predicted molar refractivity (Wildman–Crippen MR) is 80.2 cm³/mol. The molecule has 0 unspecified atom stereocenters. The fourth-order valence-electron chi connectivity index (χ4n) is 1.71. The molecule has 0 saturated carbocycles. The van der Waals surface area contributed by atoms with Crippen LogP contribution in [0.3, 0.4) is 0 Å². The zero-order valence-corrected chi connectivity index (χ0v) is 12.5. The number of nitrogens with zero attached hydrogens (tertiary/aromatic N) is 3. The zero-order valence-electron chi connectivity index (χ0n) is 11.6. The van der Waals surface area contributed by atoms with E-state index < -0.39 is 0 Å². The molecular formula is C14H18N4S. The summed E-state index contributed by atoms with van der Waals surface area (Å²) in [5.74, 6) is 0.881. The molecule has 1 heterocycles. The van der Waals surface area contributed by atoms with Crippen LogP contribution in [-0.2, 0) is 5.41 Å². The molecule has 2 N–H and O–H groups in total. The second-order valence-electron chi connectivity index (χ2n) is 5.33. The van der Waals surface area contributed by atoms with Gasteiger partial charge in [-0.05, 0) is 17.2 Å². The Balaban J connectivity index is 2.40. The van der Waals surface area contributed by atoms with Gasteiger partial charge in [0.1, 0.15) is 0 Å². The Bertz CT molecular complexity index is 573. The van der Waals surface area contributed by atoms with Gasteiger partial charge in [0.15, 0.2) is 11.0 Å². The average Bonchev–Trinajstić information content (AvgIpc) is 2.37. The second kappa shape index (κ2) is 5.17. The van der Waals surface area contributed by atoms with Crippen LogP contribution in [0.25, 0.3) is 11.4 Å². The first kappa shape index (κ1) is 13.8. The molecule has 4 nitrogen and oxygen atoms in total. The molecule has 0 aliphatic rings. The number of nitrogens with two attached hydrogens (primary N) is 1. The third-order valence-corrected chi connectivity index (χ3v) is 3.37. The Morgan fingerprint density at radius 2 is 1.63 bits per heavy atom. The van der Waals surface area contributed by atoms with Crippen LogP contribution in [0.1, 0.15) is 26.3 Å². The van der Waals surface area contributed by atoms with Gasteiger partial charge in [0.2, 0.25) is 5.95 Å². The maximum absolute atomic E-state index is 5.70. The van der Waals surface area contributed by atoms with Crippen LogP contribution in [-0.4, -0.2) is 21.2 Å². The first-order valence-electron chi connectivity index (χ1n) is 6.06. The molecule has 0 atom stereocenters. The van der Waals surface area contributed by atoms with Gasteiger partial charge in [-0.3, -0.25) is 0 Å². The average molecular weight is 274 g/mol. The van der Waals surface area contributed by atoms with Crippen LogP contribution in [0, 0.1) is 0 Å². The number of benzene rings is 1. The maximum Gasteiger partial charge on any atom is 0.224 e. The van der Waals surface area contributed by atoms with E-state index in [1.165, 1.54) is 17.3 Å². The number of thioether (sulfide) groups is 1. The molecule has 2 rings (SSSR count). The number of hydrogen-bond acceptors (Lipinski definition) is 5. The topological polar surface area (TPSA) is 64.7 Å². The van der Waals surface area contributed by atoms with E-state index >= 15 is 0 Å². The van der Waals surface area contributed by atoms with Crippen LogP contribution in [0.15, 0.2) is 29.4 Å². The van der Waals surface area contributed by atoms with Crippen molar-refractivity contribution in [2.75, 3.05) is 12.0 Å². The van der Waals surface area contributed by atoms with Crippen molar-refractivity contribution in [2.24, 2.45) is 0 Å². The maximum atomic E-state index is 5.70. The number of hydrogen-bond donors (Lipinski definition) is 1. The molecule has 100 valence electrons. The summed E-state index contributed by atoms with van der Waals surface area (Å²) in [6.45, 7) is 6.57. The van der Waals surface area contributed by atoms with Crippen molar-refractivity contribution < 1.29 is 0 Å². The third-order valence-electron chi connectivity index (χ3n) is 2.82. The summed E-state index contributed by atoms with van der Waals surface area (Å²) in [5, 5.41) is 0.641. The Morgan fingerprint density at radius 3 is 2.16 bits per heavy atom. The van der Waals surface area contributed by atoms with Gasteiger partial charge in [-0.1, -0.05) is 56.8 Å². The third kappa shape index (κ3) is 3.23. The van der Waals surface area contributed by atoms with Crippen molar-refractivity contribution in [3.05, 3.63) is 29.8 Å². The van der Waals surface area contributed by atoms with Crippen LogP contribution in [0.5, 0.6) is 0 Å². The van der Waals surface area contributed by atoms with Gasteiger partial charge in [0.05, 0.1) is 0 Å². The first-order chi connectivity index (χ1) is 8.90. The summed E-state index contributed by atoms with van der Waals surface area (Å²) in [6.07, 6.45) is 1.92. The van der Waals surface area contributed by atoms with E-state index in [1.54, 1.807) is 0 Å². The summed E-state index contributed by atoms with van der Waals surface area (Å²) in [5.41, 5.74) is 8.07. The van der Waals surface area contributed by atoms with Crippen molar-refractivity contribution in [2.45, 2.75) is 31.3 Å². The minimum Gasteiger partial charge on any atom is -0.368 e. The molecule has 0 amide bonds. The van der Waals surface area contributed by atoms with E-state index in [-0.39, 0.29) is 11.4 Å². The van der Waals surface area contributed by atoms with E-state index in [4.69, 9.17) is 5.73 Å². The molecule has 1 aromatic carbocycles. The highest BCUT2D eigenvalue weighted by molar-refractivity contribution is 7.98. The summed E-state index contributed by atoms with van der Waals surface area (Å²) in [4.78, 5) is 12.6. The number of rotatable bonds is 2. The summed E-state index contributed by atoms with van der Waals surface area (Å²) < 4.78 is 0. The van der Waals surface area contributed by atoms with Gasteiger partial charge >= 0.3 is 0 Å². The van der Waals surface area contributed by atoms with E-state index in [2.05, 4.69) is 47.9 Å².